The molecule has 0 aliphatic rings. The highest BCUT2D eigenvalue weighted by Gasteiger charge is 2.22. The molecular formula is C25H27N5O. The predicted octanol–water partition coefficient (Wildman–Crippen LogP) is 4.07. The zero-order chi connectivity index (χ0) is 21.8. The monoisotopic (exact) mass is 413 g/mol. The molecule has 6 nitrogen and oxygen atoms in total. The zero-order valence-corrected chi connectivity index (χ0v) is 18.2. The van der Waals surface area contributed by atoms with Crippen molar-refractivity contribution in [1.29, 1.82) is 0 Å². The molecule has 6 heteroatoms. The highest BCUT2D eigenvalue weighted by molar-refractivity contribution is 5.96. The smallest absolute Gasteiger partial charge is 0.257 e. The van der Waals surface area contributed by atoms with Crippen LogP contribution < -0.4 is 0 Å². The molecule has 2 aromatic heterocycles. The fourth-order valence-electron chi connectivity index (χ4n) is 3.80. The molecule has 2 heterocycles. The second kappa shape index (κ2) is 9.00. The van der Waals surface area contributed by atoms with E-state index in [1.807, 2.05) is 79.1 Å². The standard InChI is InChI=1S/C25H27N5O/c1-19-24(20(2)30(27-19)18-22-12-8-5-9-13-22)25(31)28(3)15-23-14-26-29(17-23)16-21-10-6-4-7-11-21/h4-14,17H,15-16,18H2,1-3H3. The second-order valence-electron chi connectivity index (χ2n) is 7.88. The predicted molar refractivity (Wildman–Crippen MR) is 121 cm³/mol. The summed E-state index contributed by atoms with van der Waals surface area (Å²) in [6.45, 7) is 5.71. The van der Waals surface area contributed by atoms with Gasteiger partial charge in [-0.05, 0) is 25.0 Å². The Morgan fingerprint density at radius 2 is 1.52 bits per heavy atom. The lowest BCUT2D eigenvalue weighted by Gasteiger charge is -2.16. The van der Waals surface area contributed by atoms with Crippen molar-refractivity contribution in [2.45, 2.75) is 33.5 Å². The van der Waals surface area contributed by atoms with Crippen molar-refractivity contribution in [1.82, 2.24) is 24.5 Å². The van der Waals surface area contributed by atoms with Crippen molar-refractivity contribution in [3.8, 4) is 0 Å². The molecular weight excluding hydrogens is 386 g/mol. The highest BCUT2D eigenvalue weighted by atomic mass is 16.2. The fraction of sp³-hybridized carbons (Fsp3) is 0.240. The number of rotatable bonds is 7. The minimum absolute atomic E-state index is 0.0230. The van der Waals surface area contributed by atoms with Gasteiger partial charge in [-0.1, -0.05) is 60.7 Å². The van der Waals surface area contributed by atoms with Gasteiger partial charge in [-0.2, -0.15) is 10.2 Å². The SMILES string of the molecule is Cc1nn(Cc2ccccc2)c(C)c1C(=O)N(C)Cc1cnn(Cc2ccccc2)c1. The molecule has 0 N–H and O–H groups in total. The Balaban J connectivity index is 1.45. The van der Waals surface area contributed by atoms with Crippen LogP contribution >= 0.6 is 0 Å². The Bertz CT molecular complexity index is 1160. The van der Waals surface area contributed by atoms with Gasteiger partial charge in [0.05, 0.1) is 30.5 Å². The number of aromatic nitrogens is 4. The van der Waals surface area contributed by atoms with Crippen LogP contribution in [0, 0.1) is 13.8 Å². The number of hydrogen-bond donors (Lipinski definition) is 0. The highest BCUT2D eigenvalue weighted by Crippen LogP contribution is 2.18. The summed E-state index contributed by atoms with van der Waals surface area (Å²) < 4.78 is 3.81. The summed E-state index contributed by atoms with van der Waals surface area (Å²) in [6.07, 6.45) is 3.82. The molecule has 0 aliphatic carbocycles. The number of hydrogen-bond acceptors (Lipinski definition) is 3. The lowest BCUT2D eigenvalue weighted by atomic mass is 10.1. The number of carbonyl (C=O) groups excluding carboxylic acids is 1. The van der Waals surface area contributed by atoms with Gasteiger partial charge >= 0.3 is 0 Å². The van der Waals surface area contributed by atoms with Gasteiger partial charge in [0, 0.05) is 31.0 Å². The minimum atomic E-state index is -0.0230. The van der Waals surface area contributed by atoms with Gasteiger partial charge in [0.15, 0.2) is 0 Å². The number of benzene rings is 2. The lowest BCUT2D eigenvalue weighted by Crippen LogP contribution is -2.27. The van der Waals surface area contributed by atoms with E-state index in [-0.39, 0.29) is 5.91 Å². The third-order valence-corrected chi connectivity index (χ3v) is 5.41. The van der Waals surface area contributed by atoms with Gasteiger partial charge in [0.2, 0.25) is 0 Å². The second-order valence-corrected chi connectivity index (χ2v) is 7.88. The number of aryl methyl sites for hydroxylation is 1. The summed E-state index contributed by atoms with van der Waals surface area (Å²) in [5.74, 6) is -0.0230. The van der Waals surface area contributed by atoms with Crippen molar-refractivity contribution in [3.63, 3.8) is 0 Å². The van der Waals surface area contributed by atoms with E-state index in [1.165, 1.54) is 5.56 Å². The Labute approximate surface area is 182 Å². The number of nitrogens with zero attached hydrogens (tertiary/aromatic N) is 5. The Kier molecular flexibility index (Phi) is 5.98. The number of carbonyl (C=O) groups is 1. The largest absolute Gasteiger partial charge is 0.337 e. The molecule has 0 saturated carbocycles. The van der Waals surface area contributed by atoms with Gasteiger partial charge < -0.3 is 4.90 Å². The van der Waals surface area contributed by atoms with Crippen LogP contribution in [0.2, 0.25) is 0 Å². The van der Waals surface area contributed by atoms with Gasteiger partial charge in [-0.3, -0.25) is 14.2 Å². The summed E-state index contributed by atoms with van der Waals surface area (Å²) in [7, 11) is 1.82. The molecule has 0 unspecified atom stereocenters. The quantitative estimate of drug-likeness (QED) is 0.459. The Morgan fingerprint density at radius 1 is 0.903 bits per heavy atom. The molecule has 158 valence electrons. The van der Waals surface area contributed by atoms with Crippen LogP contribution in [0.5, 0.6) is 0 Å². The van der Waals surface area contributed by atoms with E-state index in [9.17, 15) is 4.79 Å². The third kappa shape index (κ3) is 4.74. The van der Waals surface area contributed by atoms with Crippen molar-refractivity contribution < 1.29 is 4.79 Å². The van der Waals surface area contributed by atoms with Gasteiger partial charge in [-0.25, -0.2) is 0 Å². The van der Waals surface area contributed by atoms with Crippen molar-refractivity contribution in [3.05, 3.63) is 107 Å². The van der Waals surface area contributed by atoms with E-state index < -0.39 is 0 Å². The molecule has 4 rings (SSSR count). The summed E-state index contributed by atoms with van der Waals surface area (Å²) in [6, 6.07) is 20.4. The molecule has 0 saturated heterocycles. The molecule has 2 aromatic carbocycles. The summed E-state index contributed by atoms with van der Waals surface area (Å²) in [5.41, 5.74) is 5.67. The van der Waals surface area contributed by atoms with Crippen molar-refractivity contribution in [2.24, 2.45) is 0 Å². The topological polar surface area (TPSA) is 56.0 Å². The van der Waals surface area contributed by atoms with Crippen LogP contribution in [0.4, 0.5) is 0 Å². The average molecular weight is 414 g/mol. The van der Waals surface area contributed by atoms with E-state index in [4.69, 9.17) is 0 Å². The molecule has 0 radical (unpaired) electrons. The lowest BCUT2D eigenvalue weighted by molar-refractivity contribution is 0.0783. The molecule has 1 amide bonds. The molecule has 0 bridgehead atoms. The van der Waals surface area contributed by atoms with Gasteiger partial charge in [-0.15, -0.1) is 0 Å². The first kappa shape index (κ1) is 20.6. The van der Waals surface area contributed by atoms with Crippen molar-refractivity contribution >= 4 is 5.91 Å². The molecule has 0 fully saturated rings. The van der Waals surface area contributed by atoms with Crippen LogP contribution in [-0.4, -0.2) is 37.4 Å². The first-order chi connectivity index (χ1) is 15.0. The van der Waals surface area contributed by atoms with E-state index in [1.54, 1.807) is 4.90 Å². The maximum absolute atomic E-state index is 13.2. The molecule has 0 atom stereocenters. The molecule has 31 heavy (non-hydrogen) atoms. The van der Waals surface area contributed by atoms with E-state index in [0.29, 0.717) is 25.2 Å². The van der Waals surface area contributed by atoms with Gasteiger partial charge in [0.1, 0.15) is 0 Å². The fourth-order valence-corrected chi connectivity index (χ4v) is 3.80. The van der Waals surface area contributed by atoms with Crippen LogP contribution in [0.15, 0.2) is 73.1 Å². The summed E-state index contributed by atoms with van der Waals surface area (Å²) in [4.78, 5) is 14.9. The number of amides is 1. The Morgan fingerprint density at radius 3 is 2.16 bits per heavy atom. The van der Waals surface area contributed by atoms with Crippen LogP contribution in [0.1, 0.15) is 38.4 Å². The maximum Gasteiger partial charge on any atom is 0.257 e. The van der Waals surface area contributed by atoms with Crippen LogP contribution in [-0.2, 0) is 19.6 Å². The minimum Gasteiger partial charge on any atom is -0.337 e. The first-order valence-electron chi connectivity index (χ1n) is 10.4. The Hall–Kier alpha value is -3.67. The molecule has 0 spiro atoms. The molecule has 0 aliphatic heterocycles. The normalized spacial score (nSPS) is 10.9. The van der Waals surface area contributed by atoms with E-state index in [0.717, 1.165) is 22.5 Å². The van der Waals surface area contributed by atoms with E-state index in [2.05, 4.69) is 34.5 Å². The van der Waals surface area contributed by atoms with Gasteiger partial charge in [0.25, 0.3) is 5.91 Å². The van der Waals surface area contributed by atoms with E-state index >= 15 is 0 Å². The van der Waals surface area contributed by atoms with Crippen LogP contribution in [0.25, 0.3) is 0 Å². The van der Waals surface area contributed by atoms with Crippen molar-refractivity contribution in [2.75, 3.05) is 7.05 Å². The zero-order valence-electron chi connectivity index (χ0n) is 18.2. The maximum atomic E-state index is 13.2. The van der Waals surface area contributed by atoms with Crippen LogP contribution in [0.3, 0.4) is 0 Å². The molecule has 4 aromatic rings. The third-order valence-electron chi connectivity index (χ3n) is 5.41. The summed E-state index contributed by atoms with van der Waals surface area (Å²) in [5, 5.41) is 9.06. The summed E-state index contributed by atoms with van der Waals surface area (Å²) >= 11 is 0. The average Bonchev–Trinajstić information content (AvgIpc) is 3.32. The first-order valence-corrected chi connectivity index (χ1v) is 10.4.